The SMILES string of the molecule is Cc1cc(F)ccc1Oc1ccc(C#N)c([N+](=O)[O-])c1. The molecule has 0 atom stereocenters. The molecule has 0 amide bonds. The normalized spacial score (nSPS) is 9.85. The standard InChI is InChI=1S/C14H9FN2O3/c1-9-6-11(15)3-5-14(9)20-12-4-2-10(8-16)13(7-12)17(18)19/h2-7H,1H3. The highest BCUT2D eigenvalue weighted by atomic mass is 19.1. The van der Waals surface area contributed by atoms with E-state index < -0.39 is 4.92 Å². The summed E-state index contributed by atoms with van der Waals surface area (Å²) < 4.78 is 18.4. The van der Waals surface area contributed by atoms with E-state index in [1.165, 1.54) is 36.4 Å². The first-order valence-corrected chi connectivity index (χ1v) is 5.64. The first-order chi connectivity index (χ1) is 9.51. The van der Waals surface area contributed by atoms with E-state index in [-0.39, 0.29) is 22.8 Å². The number of nitrogens with zero attached hydrogens (tertiary/aromatic N) is 2. The van der Waals surface area contributed by atoms with Crippen LogP contribution >= 0.6 is 0 Å². The Kier molecular flexibility index (Phi) is 3.62. The second-order valence-corrected chi connectivity index (χ2v) is 4.06. The number of aryl methyl sites for hydroxylation is 1. The van der Waals surface area contributed by atoms with Gasteiger partial charge in [-0.25, -0.2) is 4.39 Å². The predicted octanol–water partition coefficient (Wildman–Crippen LogP) is 3.71. The summed E-state index contributed by atoms with van der Waals surface area (Å²) in [6.07, 6.45) is 0. The van der Waals surface area contributed by atoms with Gasteiger partial charge in [0.05, 0.1) is 11.0 Å². The van der Waals surface area contributed by atoms with Crippen molar-refractivity contribution in [1.29, 1.82) is 5.26 Å². The fourth-order valence-electron chi connectivity index (χ4n) is 1.67. The van der Waals surface area contributed by atoms with E-state index in [1.54, 1.807) is 13.0 Å². The molecule has 0 unspecified atom stereocenters. The lowest BCUT2D eigenvalue weighted by atomic mass is 10.2. The molecule has 5 nitrogen and oxygen atoms in total. The van der Waals surface area contributed by atoms with E-state index >= 15 is 0 Å². The van der Waals surface area contributed by atoms with E-state index in [2.05, 4.69) is 0 Å². The molecule has 2 aromatic carbocycles. The molecule has 20 heavy (non-hydrogen) atoms. The molecule has 0 bridgehead atoms. The molecule has 100 valence electrons. The maximum atomic E-state index is 13.0. The summed E-state index contributed by atoms with van der Waals surface area (Å²) >= 11 is 0. The van der Waals surface area contributed by atoms with Gasteiger partial charge in [0, 0.05) is 0 Å². The fraction of sp³-hybridized carbons (Fsp3) is 0.0714. The number of ether oxygens (including phenoxy) is 1. The third-order valence-corrected chi connectivity index (χ3v) is 2.65. The van der Waals surface area contributed by atoms with E-state index in [0.717, 1.165) is 0 Å². The summed E-state index contributed by atoms with van der Waals surface area (Å²) in [5.74, 6) is 0.219. The smallest absolute Gasteiger partial charge is 0.290 e. The lowest BCUT2D eigenvalue weighted by Crippen LogP contribution is -1.94. The molecular formula is C14H9FN2O3. The van der Waals surface area contributed by atoms with E-state index in [1.807, 2.05) is 0 Å². The van der Waals surface area contributed by atoms with Crippen LogP contribution in [0.25, 0.3) is 0 Å². The van der Waals surface area contributed by atoms with Gasteiger partial charge in [-0.05, 0) is 42.8 Å². The monoisotopic (exact) mass is 272 g/mol. The van der Waals surface area contributed by atoms with Gasteiger partial charge in [-0.15, -0.1) is 0 Å². The average Bonchev–Trinajstić information content (AvgIpc) is 2.41. The quantitative estimate of drug-likeness (QED) is 0.630. The topological polar surface area (TPSA) is 76.2 Å². The Morgan fingerprint density at radius 1 is 1.30 bits per heavy atom. The van der Waals surface area contributed by atoms with Crippen LogP contribution in [0, 0.1) is 34.2 Å². The van der Waals surface area contributed by atoms with Gasteiger partial charge in [-0.1, -0.05) is 0 Å². The van der Waals surface area contributed by atoms with Crippen molar-refractivity contribution in [2.45, 2.75) is 6.92 Å². The highest BCUT2D eigenvalue weighted by Gasteiger charge is 2.15. The molecule has 0 heterocycles. The zero-order valence-electron chi connectivity index (χ0n) is 10.5. The van der Waals surface area contributed by atoms with Crippen molar-refractivity contribution in [3.05, 3.63) is 63.5 Å². The molecule has 0 N–H and O–H groups in total. The van der Waals surface area contributed by atoms with Crippen molar-refractivity contribution in [3.8, 4) is 17.6 Å². The zero-order chi connectivity index (χ0) is 14.7. The fourth-order valence-corrected chi connectivity index (χ4v) is 1.67. The van der Waals surface area contributed by atoms with E-state index in [9.17, 15) is 14.5 Å². The minimum absolute atomic E-state index is 0.0434. The van der Waals surface area contributed by atoms with E-state index in [0.29, 0.717) is 11.3 Å². The minimum atomic E-state index is -0.650. The van der Waals surface area contributed by atoms with Gasteiger partial charge >= 0.3 is 0 Å². The predicted molar refractivity (Wildman–Crippen MR) is 69.0 cm³/mol. The van der Waals surface area contributed by atoms with Gasteiger partial charge < -0.3 is 4.74 Å². The Morgan fingerprint density at radius 2 is 2.05 bits per heavy atom. The van der Waals surface area contributed by atoms with Crippen molar-refractivity contribution in [2.24, 2.45) is 0 Å². The van der Waals surface area contributed by atoms with Crippen LogP contribution in [0.1, 0.15) is 11.1 Å². The number of nitriles is 1. The second-order valence-electron chi connectivity index (χ2n) is 4.06. The third-order valence-electron chi connectivity index (χ3n) is 2.65. The minimum Gasteiger partial charge on any atom is -0.457 e. The number of halogens is 1. The Balaban J connectivity index is 2.37. The van der Waals surface area contributed by atoms with Gasteiger partial charge in [-0.3, -0.25) is 10.1 Å². The maximum Gasteiger partial charge on any atom is 0.290 e. The zero-order valence-corrected chi connectivity index (χ0v) is 10.5. The number of rotatable bonds is 3. The van der Waals surface area contributed by atoms with Crippen molar-refractivity contribution in [2.75, 3.05) is 0 Å². The van der Waals surface area contributed by atoms with Crippen LogP contribution < -0.4 is 4.74 Å². The van der Waals surface area contributed by atoms with Crippen LogP contribution in [-0.4, -0.2) is 4.92 Å². The first kappa shape index (κ1) is 13.5. The average molecular weight is 272 g/mol. The molecule has 0 saturated heterocycles. The van der Waals surface area contributed by atoms with E-state index in [4.69, 9.17) is 10.00 Å². The van der Waals surface area contributed by atoms with Crippen molar-refractivity contribution >= 4 is 5.69 Å². The Bertz CT molecular complexity index is 723. The molecule has 0 aliphatic rings. The first-order valence-electron chi connectivity index (χ1n) is 5.64. The Hall–Kier alpha value is -2.94. The summed E-state index contributed by atoms with van der Waals surface area (Å²) in [6, 6.07) is 9.65. The largest absolute Gasteiger partial charge is 0.457 e. The molecule has 6 heteroatoms. The second kappa shape index (κ2) is 5.36. The molecule has 2 aromatic rings. The van der Waals surface area contributed by atoms with Crippen LogP contribution in [0.5, 0.6) is 11.5 Å². The molecule has 0 spiro atoms. The summed E-state index contributed by atoms with van der Waals surface area (Å²) in [4.78, 5) is 10.2. The Labute approximate surface area is 114 Å². The lowest BCUT2D eigenvalue weighted by Gasteiger charge is -2.08. The molecule has 0 fully saturated rings. The summed E-state index contributed by atoms with van der Waals surface area (Å²) in [5.41, 5.74) is 0.194. The molecule has 0 aliphatic carbocycles. The maximum absolute atomic E-state index is 13.0. The van der Waals surface area contributed by atoms with Crippen LogP contribution in [-0.2, 0) is 0 Å². The van der Waals surface area contributed by atoms with Gasteiger partial charge in [0.15, 0.2) is 0 Å². The highest BCUT2D eigenvalue weighted by Crippen LogP contribution is 2.29. The van der Waals surface area contributed by atoms with Gasteiger partial charge in [0.1, 0.15) is 28.9 Å². The lowest BCUT2D eigenvalue weighted by molar-refractivity contribution is -0.385. The molecule has 0 radical (unpaired) electrons. The number of nitro groups is 1. The summed E-state index contributed by atoms with van der Waals surface area (Å²) in [5, 5.41) is 19.6. The molecule has 2 rings (SSSR count). The van der Waals surface area contributed by atoms with Crippen LogP contribution in [0.15, 0.2) is 36.4 Å². The number of nitro benzene ring substituents is 1. The van der Waals surface area contributed by atoms with Crippen LogP contribution in [0.4, 0.5) is 10.1 Å². The van der Waals surface area contributed by atoms with Crippen molar-refractivity contribution in [3.63, 3.8) is 0 Å². The summed E-state index contributed by atoms with van der Waals surface area (Å²) in [6.45, 7) is 1.66. The van der Waals surface area contributed by atoms with Gasteiger partial charge in [-0.2, -0.15) is 5.26 Å². The number of hydrogen-bond donors (Lipinski definition) is 0. The molecule has 0 aromatic heterocycles. The summed E-state index contributed by atoms with van der Waals surface area (Å²) in [7, 11) is 0. The van der Waals surface area contributed by atoms with Crippen LogP contribution in [0.3, 0.4) is 0 Å². The van der Waals surface area contributed by atoms with Gasteiger partial charge in [0.2, 0.25) is 0 Å². The van der Waals surface area contributed by atoms with Crippen LogP contribution in [0.2, 0.25) is 0 Å². The van der Waals surface area contributed by atoms with Gasteiger partial charge in [0.25, 0.3) is 5.69 Å². The Morgan fingerprint density at radius 3 is 2.65 bits per heavy atom. The molecule has 0 aliphatic heterocycles. The number of hydrogen-bond acceptors (Lipinski definition) is 4. The molecule has 0 saturated carbocycles. The van der Waals surface area contributed by atoms with Crippen molar-refractivity contribution < 1.29 is 14.1 Å². The highest BCUT2D eigenvalue weighted by molar-refractivity contribution is 5.53. The molecular weight excluding hydrogens is 263 g/mol. The van der Waals surface area contributed by atoms with Crippen molar-refractivity contribution in [1.82, 2.24) is 0 Å². The third kappa shape index (κ3) is 2.72. The number of benzene rings is 2.